The topological polar surface area (TPSA) is 95.8 Å². The van der Waals surface area contributed by atoms with Crippen molar-refractivity contribution in [2.24, 2.45) is 0 Å². The van der Waals surface area contributed by atoms with Crippen molar-refractivity contribution < 1.29 is 14.4 Å². The molecule has 1 saturated carbocycles. The van der Waals surface area contributed by atoms with Crippen LogP contribution in [0.25, 0.3) is 27.3 Å². The molecule has 1 spiro atoms. The fourth-order valence-corrected chi connectivity index (χ4v) is 5.57. The summed E-state index contributed by atoms with van der Waals surface area (Å²) in [7, 11) is 0. The average Bonchev–Trinajstić information content (AvgIpc) is 3.49. The molecule has 2 aliphatic rings. The molecular weight excluding hydrogens is 430 g/mol. The van der Waals surface area contributed by atoms with Gasteiger partial charge in [0.2, 0.25) is 5.91 Å². The van der Waals surface area contributed by atoms with Crippen LogP contribution in [0.4, 0.5) is 10.5 Å². The third-order valence-corrected chi connectivity index (χ3v) is 7.17. The summed E-state index contributed by atoms with van der Waals surface area (Å²) in [5.41, 5.74) is 2.66. The third kappa shape index (κ3) is 2.98. The van der Waals surface area contributed by atoms with Gasteiger partial charge in [0.05, 0.1) is 22.2 Å². The Kier molecular flexibility index (Phi) is 4.58. The Hall–Kier alpha value is -3.94. The second kappa shape index (κ2) is 7.55. The number of carbonyl (C=O) groups excluding carboxylic acids is 3. The Bertz CT molecular complexity index is 1500. The number of anilines is 1. The number of aromatic nitrogens is 2. The Labute approximate surface area is 195 Å². The first-order valence-corrected chi connectivity index (χ1v) is 11.7. The van der Waals surface area contributed by atoms with Crippen LogP contribution in [-0.2, 0) is 9.59 Å². The van der Waals surface area contributed by atoms with Crippen molar-refractivity contribution in [1.82, 2.24) is 19.6 Å². The quantitative estimate of drug-likeness (QED) is 0.452. The standard InChI is InChI=1S/C26H25N5O3/c1-16-27-19-10-4-2-8-17(19)23-22(18-9-3-5-11-20(18)31(16)23)28-21(32)12-15-30-24(33)26(29-25(30)34)13-6-7-14-26/h2-5,8-11H,6-7,12-15H2,1H3,(H,28,32)(H,29,34). The summed E-state index contributed by atoms with van der Waals surface area (Å²) in [5.74, 6) is 0.381. The lowest BCUT2D eigenvalue weighted by atomic mass is 9.98. The fraction of sp³-hybridized carbons (Fsp3) is 0.308. The average molecular weight is 456 g/mol. The van der Waals surface area contributed by atoms with E-state index in [-0.39, 0.29) is 24.8 Å². The van der Waals surface area contributed by atoms with Gasteiger partial charge >= 0.3 is 6.03 Å². The number of benzene rings is 2. The molecule has 0 bridgehead atoms. The van der Waals surface area contributed by atoms with Gasteiger partial charge < -0.3 is 10.6 Å². The number of amides is 4. The van der Waals surface area contributed by atoms with E-state index in [0.29, 0.717) is 18.5 Å². The lowest BCUT2D eigenvalue weighted by molar-refractivity contribution is -0.131. The van der Waals surface area contributed by atoms with Gasteiger partial charge in [-0.25, -0.2) is 9.78 Å². The maximum absolute atomic E-state index is 13.1. The van der Waals surface area contributed by atoms with Crippen LogP contribution >= 0.6 is 0 Å². The summed E-state index contributed by atoms with van der Waals surface area (Å²) >= 11 is 0. The van der Waals surface area contributed by atoms with Gasteiger partial charge in [0.25, 0.3) is 5.91 Å². The number of fused-ring (bicyclic) bond motifs is 5. The Morgan fingerprint density at radius 1 is 1.06 bits per heavy atom. The lowest BCUT2D eigenvalue weighted by Crippen LogP contribution is -2.44. The molecule has 0 atom stereocenters. The van der Waals surface area contributed by atoms with E-state index in [1.165, 1.54) is 4.90 Å². The molecule has 2 N–H and O–H groups in total. The molecule has 4 amide bonds. The molecule has 0 unspecified atom stereocenters. The maximum atomic E-state index is 13.1. The van der Waals surface area contributed by atoms with Gasteiger partial charge in [0, 0.05) is 23.7 Å². The van der Waals surface area contributed by atoms with E-state index in [1.807, 2.05) is 55.5 Å². The van der Waals surface area contributed by atoms with Crippen LogP contribution in [0.15, 0.2) is 48.5 Å². The van der Waals surface area contributed by atoms with Gasteiger partial charge in [0.1, 0.15) is 11.4 Å². The molecule has 8 nitrogen and oxygen atoms in total. The summed E-state index contributed by atoms with van der Waals surface area (Å²) in [6, 6.07) is 15.4. The summed E-state index contributed by atoms with van der Waals surface area (Å²) in [4.78, 5) is 44.4. The largest absolute Gasteiger partial charge is 0.325 e. The summed E-state index contributed by atoms with van der Waals surface area (Å²) in [6.45, 7) is 2.01. The van der Waals surface area contributed by atoms with E-state index in [0.717, 1.165) is 46.0 Å². The van der Waals surface area contributed by atoms with Crippen LogP contribution in [0.3, 0.4) is 0 Å². The van der Waals surface area contributed by atoms with Crippen LogP contribution in [0.5, 0.6) is 0 Å². The minimum atomic E-state index is -0.758. The molecule has 2 aromatic heterocycles. The molecule has 8 heteroatoms. The number of hydrogen-bond acceptors (Lipinski definition) is 4. The van der Waals surface area contributed by atoms with Gasteiger partial charge in [0.15, 0.2) is 0 Å². The number of rotatable bonds is 4. The molecule has 1 saturated heterocycles. The monoisotopic (exact) mass is 455 g/mol. The van der Waals surface area contributed by atoms with Gasteiger partial charge in [-0.05, 0) is 31.9 Å². The predicted octanol–water partition coefficient (Wildman–Crippen LogP) is 4.14. The first-order valence-electron chi connectivity index (χ1n) is 11.7. The minimum Gasteiger partial charge on any atom is -0.324 e. The van der Waals surface area contributed by atoms with Crippen LogP contribution in [0.2, 0.25) is 0 Å². The summed E-state index contributed by atoms with van der Waals surface area (Å²) in [5, 5.41) is 7.81. The predicted molar refractivity (Wildman–Crippen MR) is 130 cm³/mol. The number of imide groups is 1. The smallest absolute Gasteiger partial charge is 0.324 e. The first-order chi connectivity index (χ1) is 16.5. The highest BCUT2D eigenvalue weighted by Crippen LogP contribution is 2.37. The van der Waals surface area contributed by atoms with Crippen LogP contribution in [-0.4, -0.2) is 44.2 Å². The van der Waals surface area contributed by atoms with Gasteiger partial charge in [-0.15, -0.1) is 0 Å². The summed E-state index contributed by atoms with van der Waals surface area (Å²) in [6.07, 6.45) is 3.23. The van der Waals surface area contributed by atoms with Gasteiger partial charge in [-0.2, -0.15) is 0 Å². The van der Waals surface area contributed by atoms with Crippen LogP contribution in [0, 0.1) is 6.92 Å². The molecular formula is C26H25N5O3. The Morgan fingerprint density at radius 2 is 1.76 bits per heavy atom. The van der Waals surface area contributed by atoms with E-state index in [2.05, 4.69) is 15.0 Å². The molecule has 1 aliphatic heterocycles. The van der Waals surface area contributed by atoms with Crippen molar-refractivity contribution >= 4 is 50.9 Å². The number of carbonyl (C=O) groups is 3. The summed E-state index contributed by atoms with van der Waals surface area (Å²) < 4.78 is 2.06. The van der Waals surface area contributed by atoms with E-state index in [1.54, 1.807) is 0 Å². The highest BCUT2D eigenvalue weighted by molar-refractivity contribution is 6.16. The molecule has 172 valence electrons. The van der Waals surface area contributed by atoms with Gasteiger partial charge in [-0.1, -0.05) is 49.2 Å². The van der Waals surface area contributed by atoms with E-state index < -0.39 is 11.6 Å². The molecule has 3 heterocycles. The van der Waals surface area contributed by atoms with Crippen LogP contribution in [0.1, 0.15) is 37.9 Å². The number of nitrogens with one attached hydrogen (secondary N) is 2. The van der Waals surface area contributed by atoms with E-state index in [4.69, 9.17) is 4.98 Å². The second-order valence-corrected chi connectivity index (χ2v) is 9.23. The SMILES string of the molecule is Cc1nc2ccccc2c2c(NC(=O)CCN3C(=O)NC4(CCCC4)C3=O)c3ccccc3n12. The van der Waals surface area contributed by atoms with Crippen molar-refractivity contribution in [1.29, 1.82) is 0 Å². The number of para-hydroxylation sites is 2. The zero-order valence-corrected chi connectivity index (χ0v) is 18.9. The highest BCUT2D eigenvalue weighted by atomic mass is 16.2. The normalized spacial score (nSPS) is 17.4. The van der Waals surface area contributed by atoms with Crippen molar-refractivity contribution in [2.45, 2.75) is 44.6 Å². The van der Waals surface area contributed by atoms with Crippen molar-refractivity contribution in [3.05, 3.63) is 54.4 Å². The first kappa shape index (κ1) is 20.7. The number of aryl methyl sites for hydroxylation is 1. The fourth-order valence-electron chi connectivity index (χ4n) is 5.57. The molecule has 6 rings (SSSR count). The molecule has 4 aromatic rings. The Morgan fingerprint density at radius 3 is 2.56 bits per heavy atom. The molecule has 34 heavy (non-hydrogen) atoms. The second-order valence-electron chi connectivity index (χ2n) is 9.23. The highest BCUT2D eigenvalue weighted by Gasteiger charge is 2.52. The zero-order chi connectivity index (χ0) is 23.4. The Balaban J connectivity index is 1.33. The van der Waals surface area contributed by atoms with Crippen molar-refractivity contribution in [3.8, 4) is 0 Å². The third-order valence-electron chi connectivity index (χ3n) is 7.17. The van der Waals surface area contributed by atoms with Gasteiger partial charge in [-0.3, -0.25) is 18.9 Å². The molecule has 1 aliphatic carbocycles. The zero-order valence-electron chi connectivity index (χ0n) is 18.9. The van der Waals surface area contributed by atoms with Crippen LogP contribution < -0.4 is 10.6 Å². The number of nitrogens with zero attached hydrogens (tertiary/aromatic N) is 3. The van der Waals surface area contributed by atoms with E-state index in [9.17, 15) is 14.4 Å². The minimum absolute atomic E-state index is 0.0307. The molecule has 2 aromatic carbocycles. The molecule has 0 radical (unpaired) electrons. The van der Waals surface area contributed by atoms with Crippen molar-refractivity contribution in [3.63, 3.8) is 0 Å². The number of urea groups is 1. The van der Waals surface area contributed by atoms with Crippen molar-refractivity contribution in [2.75, 3.05) is 11.9 Å². The molecule has 2 fully saturated rings. The van der Waals surface area contributed by atoms with E-state index >= 15 is 0 Å². The lowest BCUT2D eigenvalue weighted by Gasteiger charge is -2.19. The number of hydrogen-bond donors (Lipinski definition) is 2. The maximum Gasteiger partial charge on any atom is 0.325 e.